The van der Waals surface area contributed by atoms with Gasteiger partial charge in [-0.15, -0.1) is 5.10 Å². The predicted molar refractivity (Wildman–Crippen MR) is 103 cm³/mol. The zero-order valence-electron chi connectivity index (χ0n) is 15.6. The van der Waals surface area contributed by atoms with Crippen molar-refractivity contribution in [3.8, 4) is 0 Å². The Labute approximate surface area is 163 Å². The van der Waals surface area contributed by atoms with Crippen molar-refractivity contribution in [1.29, 1.82) is 0 Å². The summed E-state index contributed by atoms with van der Waals surface area (Å²) in [5.74, 6) is 0. The monoisotopic (exact) mass is 411 g/mol. The van der Waals surface area contributed by atoms with Crippen molar-refractivity contribution in [3.63, 3.8) is 0 Å². The molecule has 10 heteroatoms. The Morgan fingerprint density at radius 2 is 2.04 bits per heavy atom. The van der Waals surface area contributed by atoms with Gasteiger partial charge in [0.2, 0.25) is 10.1 Å². The van der Waals surface area contributed by atoms with Crippen molar-refractivity contribution >= 4 is 21.4 Å². The first-order chi connectivity index (χ1) is 13.2. The van der Waals surface area contributed by atoms with Gasteiger partial charge in [-0.1, -0.05) is 30.4 Å². The molecular weight excluding hydrogens is 391 g/mol. The first-order valence-electron chi connectivity index (χ1n) is 8.66. The van der Waals surface area contributed by atoms with Crippen molar-refractivity contribution in [2.75, 3.05) is 26.0 Å². The third kappa shape index (κ3) is 4.33. The summed E-state index contributed by atoms with van der Waals surface area (Å²) < 4.78 is 40.3. The van der Waals surface area contributed by atoms with Crippen molar-refractivity contribution in [2.45, 2.75) is 25.6 Å². The molecule has 0 bridgehead atoms. The molecule has 6 nitrogen and oxygen atoms in total. The number of halogens is 3. The molecule has 3 aromatic rings. The van der Waals surface area contributed by atoms with Crippen molar-refractivity contribution in [1.82, 2.24) is 19.5 Å². The minimum absolute atomic E-state index is 0.256. The molecule has 0 spiro atoms. The normalized spacial score (nSPS) is 13.2. The summed E-state index contributed by atoms with van der Waals surface area (Å²) in [6.07, 6.45) is -3.75. The van der Waals surface area contributed by atoms with Crippen molar-refractivity contribution in [3.05, 3.63) is 57.5 Å². The van der Waals surface area contributed by atoms with E-state index < -0.39 is 11.7 Å². The molecule has 28 heavy (non-hydrogen) atoms. The number of hydrogen-bond acceptors (Lipinski definition) is 6. The number of anilines is 1. The predicted octanol–water partition coefficient (Wildman–Crippen LogP) is 3.45. The summed E-state index contributed by atoms with van der Waals surface area (Å²) in [5, 5.41) is 7.82. The molecule has 1 atom stereocenters. The molecule has 0 aliphatic rings. The number of likely N-dealkylation sites (N-methyl/N-ethyl adjacent to an activating group) is 1. The molecular formula is C18H20F3N5OS. The molecule has 1 N–H and O–H groups in total. The van der Waals surface area contributed by atoms with Gasteiger partial charge >= 0.3 is 6.18 Å². The lowest BCUT2D eigenvalue weighted by Gasteiger charge is -2.25. The fourth-order valence-corrected chi connectivity index (χ4v) is 3.64. The molecule has 0 radical (unpaired) electrons. The molecule has 0 amide bonds. The first kappa shape index (κ1) is 20.3. The second kappa shape index (κ2) is 7.88. The maximum atomic E-state index is 13.0. The van der Waals surface area contributed by atoms with E-state index in [0.717, 1.165) is 12.1 Å². The molecule has 0 fully saturated rings. The third-order valence-corrected chi connectivity index (χ3v) is 5.20. The molecule has 0 aliphatic carbocycles. The second-order valence-electron chi connectivity index (χ2n) is 6.52. The number of aromatic nitrogens is 3. The minimum Gasteiger partial charge on any atom is -0.358 e. The van der Waals surface area contributed by atoms with Crippen LogP contribution in [0.4, 0.5) is 18.3 Å². The fraction of sp³-hybridized carbons (Fsp3) is 0.389. The van der Waals surface area contributed by atoms with Crippen LogP contribution in [-0.4, -0.2) is 40.1 Å². The van der Waals surface area contributed by atoms with Crippen LogP contribution in [-0.2, 0) is 12.6 Å². The molecule has 2 heterocycles. The standard InChI is InChI=1S/C18H20F3N5OS/c1-4-13-9-15(27)26-17(23-13)28-16(24-26)22-10-14(25(2)3)11-6-5-7-12(8-11)18(19,20)21/h5-9,14H,4,10H2,1-3H3,(H,22,24). The van der Waals surface area contributed by atoms with Gasteiger partial charge in [0, 0.05) is 18.3 Å². The molecule has 1 aromatic carbocycles. The van der Waals surface area contributed by atoms with E-state index in [9.17, 15) is 18.0 Å². The van der Waals surface area contributed by atoms with E-state index in [2.05, 4.69) is 15.4 Å². The Morgan fingerprint density at radius 1 is 1.29 bits per heavy atom. The van der Waals surface area contributed by atoms with Crippen LogP contribution in [0.25, 0.3) is 4.96 Å². The topological polar surface area (TPSA) is 62.5 Å². The highest BCUT2D eigenvalue weighted by atomic mass is 32.1. The Kier molecular flexibility index (Phi) is 5.71. The van der Waals surface area contributed by atoms with E-state index in [0.29, 0.717) is 34.3 Å². The number of alkyl halides is 3. The Morgan fingerprint density at radius 3 is 2.68 bits per heavy atom. The van der Waals surface area contributed by atoms with E-state index in [4.69, 9.17) is 0 Å². The van der Waals surface area contributed by atoms with Gasteiger partial charge in [0.05, 0.1) is 11.6 Å². The van der Waals surface area contributed by atoms with Crippen molar-refractivity contribution < 1.29 is 13.2 Å². The highest BCUT2D eigenvalue weighted by Gasteiger charge is 2.31. The van der Waals surface area contributed by atoms with Crippen molar-refractivity contribution in [2.24, 2.45) is 0 Å². The number of hydrogen-bond donors (Lipinski definition) is 1. The van der Waals surface area contributed by atoms with Gasteiger partial charge in [0.25, 0.3) is 5.56 Å². The summed E-state index contributed by atoms with van der Waals surface area (Å²) in [6.45, 7) is 2.23. The highest BCUT2D eigenvalue weighted by Crippen LogP contribution is 2.31. The van der Waals surface area contributed by atoms with Gasteiger partial charge < -0.3 is 10.2 Å². The van der Waals surface area contributed by atoms with E-state index in [1.165, 1.54) is 28.0 Å². The van der Waals surface area contributed by atoms with Gasteiger partial charge in [0.15, 0.2) is 0 Å². The molecule has 150 valence electrons. The lowest BCUT2D eigenvalue weighted by atomic mass is 10.0. The van der Waals surface area contributed by atoms with Crippen LogP contribution in [0, 0.1) is 0 Å². The van der Waals surface area contributed by atoms with E-state index in [-0.39, 0.29) is 11.6 Å². The maximum Gasteiger partial charge on any atom is 0.416 e. The molecule has 0 saturated heterocycles. The molecule has 0 saturated carbocycles. The Balaban J connectivity index is 1.84. The zero-order valence-corrected chi connectivity index (χ0v) is 16.4. The van der Waals surface area contributed by atoms with Gasteiger partial charge in [-0.05, 0) is 38.2 Å². The average Bonchev–Trinajstić information content (AvgIpc) is 3.04. The van der Waals surface area contributed by atoms with Crippen LogP contribution >= 0.6 is 11.3 Å². The van der Waals surface area contributed by atoms with E-state index in [1.807, 2.05) is 11.8 Å². The molecule has 0 aliphatic heterocycles. The number of nitrogens with one attached hydrogen (secondary N) is 1. The summed E-state index contributed by atoms with van der Waals surface area (Å²) in [4.78, 5) is 18.8. The molecule has 1 unspecified atom stereocenters. The van der Waals surface area contributed by atoms with E-state index >= 15 is 0 Å². The van der Waals surface area contributed by atoms with Crippen LogP contribution < -0.4 is 10.9 Å². The minimum atomic E-state index is -4.39. The van der Waals surface area contributed by atoms with Crippen LogP contribution in [0.5, 0.6) is 0 Å². The summed E-state index contributed by atoms with van der Waals surface area (Å²) in [5.41, 5.74) is 0.292. The van der Waals surface area contributed by atoms with Crippen LogP contribution in [0.15, 0.2) is 35.1 Å². The second-order valence-corrected chi connectivity index (χ2v) is 7.48. The lowest BCUT2D eigenvalue weighted by molar-refractivity contribution is -0.137. The highest BCUT2D eigenvalue weighted by molar-refractivity contribution is 7.20. The summed E-state index contributed by atoms with van der Waals surface area (Å²) in [6, 6.07) is 6.42. The van der Waals surface area contributed by atoms with Gasteiger partial charge in [-0.3, -0.25) is 4.79 Å². The zero-order chi connectivity index (χ0) is 20.5. The largest absolute Gasteiger partial charge is 0.416 e. The number of nitrogens with zero attached hydrogens (tertiary/aromatic N) is 4. The summed E-state index contributed by atoms with van der Waals surface area (Å²) >= 11 is 1.23. The van der Waals surface area contributed by atoms with E-state index in [1.54, 1.807) is 20.2 Å². The van der Waals surface area contributed by atoms with Crippen LogP contribution in [0.1, 0.15) is 29.8 Å². The summed E-state index contributed by atoms with van der Waals surface area (Å²) in [7, 11) is 3.59. The molecule has 3 rings (SSSR count). The SMILES string of the molecule is CCc1cc(=O)n2nc(NCC(c3cccc(C(F)(F)F)c3)N(C)C)sc2n1. The Hall–Kier alpha value is -2.46. The third-order valence-electron chi connectivity index (χ3n) is 4.33. The average molecular weight is 411 g/mol. The quantitative estimate of drug-likeness (QED) is 0.673. The number of fused-ring (bicyclic) bond motifs is 1. The van der Waals surface area contributed by atoms with Crippen LogP contribution in [0.2, 0.25) is 0 Å². The lowest BCUT2D eigenvalue weighted by Crippen LogP contribution is -2.27. The van der Waals surface area contributed by atoms with Gasteiger partial charge in [-0.25, -0.2) is 4.98 Å². The number of aryl methyl sites for hydroxylation is 1. The Bertz CT molecular complexity index is 1030. The van der Waals surface area contributed by atoms with Gasteiger partial charge in [0.1, 0.15) is 0 Å². The fourth-order valence-electron chi connectivity index (χ4n) is 2.81. The van der Waals surface area contributed by atoms with Crippen LogP contribution in [0.3, 0.4) is 0 Å². The molecule has 2 aromatic heterocycles. The van der Waals surface area contributed by atoms with Gasteiger partial charge in [-0.2, -0.15) is 17.7 Å². The smallest absolute Gasteiger partial charge is 0.358 e. The number of benzene rings is 1. The first-order valence-corrected chi connectivity index (χ1v) is 9.48. The maximum absolute atomic E-state index is 13.0. The number of rotatable bonds is 6.